The SMILES string of the molecule is C=CC[C@@H](O)c1ccc(OC)c(O)c1. The topological polar surface area (TPSA) is 49.7 Å². The van der Waals surface area contributed by atoms with Crippen molar-refractivity contribution in [3.63, 3.8) is 0 Å². The predicted octanol–water partition coefficient (Wildman–Crippen LogP) is 2.01. The fourth-order valence-corrected chi connectivity index (χ4v) is 1.21. The zero-order chi connectivity index (χ0) is 10.6. The Balaban J connectivity index is 2.90. The van der Waals surface area contributed by atoms with Crippen LogP contribution in [0.2, 0.25) is 0 Å². The molecule has 0 fully saturated rings. The van der Waals surface area contributed by atoms with Gasteiger partial charge >= 0.3 is 0 Å². The maximum absolute atomic E-state index is 9.59. The molecule has 0 aliphatic heterocycles. The Bertz CT molecular complexity index is 320. The quantitative estimate of drug-likeness (QED) is 0.721. The molecule has 0 aliphatic rings. The normalized spacial score (nSPS) is 12.1. The maximum Gasteiger partial charge on any atom is 0.160 e. The first-order valence-electron chi connectivity index (χ1n) is 4.35. The third kappa shape index (κ3) is 2.26. The fraction of sp³-hybridized carbons (Fsp3) is 0.273. The molecule has 0 unspecified atom stereocenters. The monoisotopic (exact) mass is 194 g/mol. The molecule has 0 heterocycles. The van der Waals surface area contributed by atoms with Crippen molar-refractivity contribution in [2.75, 3.05) is 7.11 Å². The van der Waals surface area contributed by atoms with Gasteiger partial charge in [-0.15, -0.1) is 6.58 Å². The van der Waals surface area contributed by atoms with Crippen molar-refractivity contribution in [2.24, 2.45) is 0 Å². The molecule has 3 heteroatoms. The molecule has 0 amide bonds. The van der Waals surface area contributed by atoms with Gasteiger partial charge in [-0.3, -0.25) is 0 Å². The summed E-state index contributed by atoms with van der Waals surface area (Å²) in [7, 11) is 1.48. The minimum Gasteiger partial charge on any atom is -0.504 e. The average molecular weight is 194 g/mol. The first-order valence-corrected chi connectivity index (χ1v) is 4.35. The van der Waals surface area contributed by atoms with Gasteiger partial charge in [-0.2, -0.15) is 0 Å². The number of hydrogen-bond acceptors (Lipinski definition) is 3. The van der Waals surface area contributed by atoms with E-state index < -0.39 is 6.10 Å². The average Bonchev–Trinajstić information content (AvgIpc) is 2.18. The van der Waals surface area contributed by atoms with E-state index >= 15 is 0 Å². The Labute approximate surface area is 83.3 Å². The molecule has 0 spiro atoms. The Morgan fingerprint density at radius 3 is 2.79 bits per heavy atom. The Hall–Kier alpha value is -1.48. The molecule has 76 valence electrons. The summed E-state index contributed by atoms with van der Waals surface area (Å²) < 4.78 is 4.89. The molecular weight excluding hydrogens is 180 g/mol. The lowest BCUT2D eigenvalue weighted by molar-refractivity contribution is 0.181. The van der Waals surface area contributed by atoms with Gasteiger partial charge in [-0.1, -0.05) is 12.1 Å². The van der Waals surface area contributed by atoms with Crippen LogP contribution in [0.5, 0.6) is 11.5 Å². The number of rotatable bonds is 4. The van der Waals surface area contributed by atoms with Crippen LogP contribution in [0.4, 0.5) is 0 Å². The highest BCUT2D eigenvalue weighted by Crippen LogP contribution is 2.29. The van der Waals surface area contributed by atoms with Crippen molar-refractivity contribution >= 4 is 0 Å². The molecule has 0 aromatic heterocycles. The van der Waals surface area contributed by atoms with Gasteiger partial charge in [-0.05, 0) is 24.1 Å². The van der Waals surface area contributed by atoms with E-state index in [9.17, 15) is 10.2 Å². The van der Waals surface area contributed by atoms with E-state index in [1.807, 2.05) is 0 Å². The van der Waals surface area contributed by atoms with Crippen molar-refractivity contribution in [1.29, 1.82) is 0 Å². The van der Waals surface area contributed by atoms with E-state index in [2.05, 4.69) is 6.58 Å². The van der Waals surface area contributed by atoms with Gasteiger partial charge in [0.2, 0.25) is 0 Å². The van der Waals surface area contributed by atoms with E-state index in [0.29, 0.717) is 17.7 Å². The van der Waals surface area contributed by atoms with Gasteiger partial charge in [0, 0.05) is 0 Å². The molecule has 14 heavy (non-hydrogen) atoms. The van der Waals surface area contributed by atoms with Crippen LogP contribution in [0.25, 0.3) is 0 Å². The number of methoxy groups -OCH3 is 1. The van der Waals surface area contributed by atoms with Crippen molar-refractivity contribution in [1.82, 2.24) is 0 Å². The number of aromatic hydroxyl groups is 1. The summed E-state index contributed by atoms with van der Waals surface area (Å²) in [5.41, 5.74) is 0.656. The van der Waals surface area contributed by atoms with E-state index in [4.69, 9.17) is 4.74 Å². The number of aliphatic hydroxyl groups is 1. The molecule has 2 N–H and O–H groups in total. The van der Waals surface area contributed by atoms with Gasteiger partial charge < -0.3 is 14.9 Å². The molecule has 1 aromatic rings. The molecule has 0 aliphatic carbocycles. The Morgan fingerprint density at radius 1 is 1.57 bits per heavy atom. The zero-order valence-corrected chi connectivity index (χ0v) is 8.10. The third-order valence-electron chi connectivity index (χ3n) is 1.98. The van der Waals surface area contributed by atoms with Gasteiger partial charge in [0.15, 0.2) is 11.5 Å². The predicted molar refractivity (Wildman–Crippen MR) is 54.4 cm³/mol. The van der Waals surface area contributed by atoms with Crippen LogP contribution < -0.4 is 4.74 Å². The Kier molecular flexibility index (Phi) is 3.54. The molecule has 0 saturated carbocycles. The van der Waals surface area contributed by atoms with Crippen LogP contribution in [-0.2, 0) is 0 Å². The smallest absolute Gasteiger partial charge is 0.160 e. The lowest BCUT2D eigenvalue weighted by Gasteiger charge is -2.10. The highest BCUT2D eigenvalue weighted by molar-refractivity contribution is 5.42. The second-order valence-corrected chi connectivity index (χ2v) is 2.97. The van der Waals surface area contributed by atoms with E-state index in [0.717, 1.165) is 0 Å². The van der Waals surface area contributed by atoms with Crippen LogP contribution in [0.3, 0.4) is 0 Å². The van der Waals surface area contributed by atoms with Crippen LogP contribution in [0, 0.1) is 0 Å². The standard InChI is InChI=1S/C11H14O3/c1-3-4-9(12)8-5-6-11(14-2)10(13)7-8/h3,5-7,9,12-13H,1,4H2,2H3/t9-/m1/s1. The minimum atomic E-state index is -0.621. The second-order valence-electron chi connectivity index (χ2n) is 2.97. The van der Waals surface area contributed by atoms with Crippen molar-refractivity contribution in [2.45, 2.75) is 12.5 Å². The molecule has 1 aromatic carbocycles. The third-order valence-corrected chi connectivity index (χ3v) is 1.98. The zero-order valence-electron chi connectivity index (χ0n) is 8.10. The van der Waals surface area contributed by atoms with E-state index in [-0.39, 0.29) is 5.75 Å². The van der Waals surface area contributed by atoms with E-state index in [1.54, 1.807) is 18.2 Å². The first-order chi connectivity index (χ1) is 6.69. The number of phenols is 1. The van der Waals surface area contributed by atoms with Crippen LogP contribution >= 0.6 is 0 Å². The Morgan fingerprint density at radius 2 is 2.29 bits per heavy atom. The van der Waals surface area contributed by atoms with Crippen LogP contribution in [-0.4, -0.2) is 17.3 Å². The number of ether oxygens (including phenoxy) is 1. The first kappa shape index (κ1) is 10.6. The molecular formula is C11H14O3. The summed E-state index contributed by atoms with van der Waals surface area (Å²) in [6.45, 7) is 3.54. The maximum atomic E-state index is 9.59. The number of benzene rings is 1. The van der Waals surface area contributed by atoms with Gasteiger partial charge in [0.25, 0.3) is 0 Å². The summed E-state index contributed by atoms with van der Waals surface area (Å²) in [4.78, 5) is 0. The summed E-state index contributed by atoms with van der Waals surface area (Å²) >= 11 is 0. The molecule has 0 radical (unpaired) electrons. The van der Waals surface area contributed by atoms with Crippen LogP contribution in [0.1, 0.15) is 18.1 Å². The van der Waals surface area contributed by atoms with Crippen molar-refractivity contribution in [3.8, 4) is 11.5 Å². The van der Waals surface area contributed by atoms with Crippen LogP contribution in [0.15, 0.2) is 30.9 Å². The summed E-state index contributed by atoms with van der Waals surface area (Å²) in [6, 6.07) is 4.83. The highest BCUT2D eigenvalue weighted by atomic mass is 16.5. The summed E-state index contributed by atoms with van der Waals surface area (Å²) in [6.07, 6.45) is 1.47. The van der Waals surface area contributed by atoms with E-state index in [1.165, 1.54) is 13.2 Å². The minimum absolute atomic E-state index is 0.0353. The number of phenolic OH excluding ortho intramolecular Hbond substituents is 1. The molecule has 1 atom stereocenters. The molecule has 1 rings (SSSR count). The van der Waals surface area contributed by atoms with Crippen molar-refractivity contribution < 1.29 is 14.9 Å². The van der Waals surface area contributed by atoms with Crippen molar-refractivity contribution in [3.05, 3.63) is 36.4 Å². The highest BCUT2D eigenvalue weighted by Gasteiger charge is 2.08. The largest absolute Gasteiger partial charge is 0.504 e. The lowest BCUT2D eigenvalue weighted by Crippen LogP contribution is -1.95. The summed E-state index contributed by atoms with van der Waals surface area (Å²) in [5.74, 6) is 0.438. The lowest BCUT2D eigenvalue weighted by atomic mass is 10.1. The second kappa shape index (κ2) is 4.67. The summed E-state index contributed by atoms with van der Waals surface area (Å²) in [5, 5.41) is 19.0. The number of hydrogen-bond donors (Lipinski definition) is 2. The van der Waals surface area contributed by atoms with Gasteiger partial charge in [-0.25, -0.2) is 0 Å². The molecule has 3 nitrogen and oxygen atoms in total. The van der Waals surface area contributed by atoms with Gasteiger partial charge in [0.05, 0.1) is 13.2 Å². The molecule has 0 saturated heterocycles. The molecule has 0 bridgehead atoms. The number of aliphatic hydroxyl groups excluding tert-OH is 1. The van der Waals surface area contributed by atoms with Gasteiger partial charge in [0.1, 0.15) is 0 Å². The fourth-order valence-electron chi connectivity index (χ4n) is 1.21.